The molecule has 1 amide bonds. The Hall–Kier alpha value is -2.57. The number of rotatable bonds is 4. The maximum absolute atomic E-state index is 12.3. The zero-order valence-electron chi connectivity index (χ0n) is 13.5. The Morgan fingerprint density at radius 1 is 1.30 bits per heavy atom. The van der Waals surface area contributed by atoms with Gasteiger partial charge in [-0.25, -0.2) is 4.98 Å². The molecule has 0 aromatic carbocycles. The molecule has 3 rings (SSSR count). The van der Waals surface area contributed by atoms with Crippen LogP contribution in [0.3, 0.4) is 0 Å². The minimum Gasteiger partial charge on any atom is -0.459 e. The SMILES string of the molecule is CCNc1cc(C)nc(N2CCN(C(=O)c3ccco3)CC2)n1. The van der Waals surface area contributed by atoms with E-state index in [4.69, 9.17) is 4.42 Å². The molecule has 23 heavy (non-hydrogen) atoms. The van der Waals surface area contributed by atoms with Crippen molar-refractivity contribution in [3.05, 3.63) is 35.9 Å². The molecule has 0 radical (unpaired) electrons. The number of hydrogen-bond acceptors (Lipinski definition) is 6. The van der Waals surface area contributed by atoms with E-state index < -0.39 is 0 Å². The van der Waals surface area contributed by atoms with Crippen molar-refractivity contribution in [3.63, 3.8) is 0 Å². The molecule has 7 heteroatoms. The summed E-state index contributed by atoms with van der Waals surface area (Å²) in [7, 11) is 0. The zero-order valence-corrected chi connectivity index (χ0v) is 13.5. The van der Waals surface area contributed by atoms with Gasteiger partial charge >= 0.3 is 0 Å². The average molecular weight is 315 g/mol. The number of piperazine rings is 1. The van der Waals surface area contributed by atoms with Gasteiger partial charge in [-0.3, -0.25) is 4.79 Å². The second-order valence-electron chi connectivity index (χ2n) is 5.48. The monoisotopic (exact) mass is 315 g/mol. The summed E-state index contributed by atoms with van der Waals surface area (Å²) in [5.74, 6) is 1.88. The normalized spacial score (nSPS) is 14.9. The van der Waals surface area contributed by atoms with Crippen LogP contribution in [0.25, 0.3) is 0 Å². The Morgan fingerprint density at radius 2 is 2.09 bits per heavy atom. The topological polar surface area (TPSA) is 74.5 Å². The molecule has 3 heterocycles. The third kappa shape index (κ3) is 3.44. The van der Waals surface area contributed by atoms with E-state index in [1.165, 1.54) is 6.26 Å². The molecule has 122 valence electrons. The van der Waals surface area contributed by atoms with E-state index in [-0.39, 0.29) is 5.91 Å². The van der Waals surface area contributed by atoms with Crippen LogP contribution in [0.15, 0.2) is 28.9 Å². The van der Waals surface area contributed by atoms with Crippen LogP contribution in [-0.2, 0) is 0 Å². The number of amides is 1. The van der Waals surface area contributed by atoms with Crippen molar-refractivity contribution in [1.82, 2.24) is 14.9 Å². The van der Waals surface area contributed by atoms with Gasteiger partial charge < -0.3 is 19.5 Å². The number of aromatic nitrogens is 2. The summed E-state index contributed by atoms with van der Waals surface area (Å²) >= 11 is 0. The number of nitrogens with one attached hydrogen (secondary N) is 1. The highest BCUT2D eigenvalue weighted by Gasteiger charge is 2.25. The molecule has 7 nitrogen and oxygen atoms in total. The van der Waals surface area contributed by atoms with E-state index in [1.54, 1.807) is 17.0 Å². The van der Waals surface area contributed by atoms with E-state index in [9.17, 15) is 4.79 Å². The van der Waals surface area contributed by atoms with Crippen molar-refractivity contribution in [3.8, 4) is 0 Å². The van der Waals surface area contributed by atoms with Gasteiger partial charge in [0.1, 0.15) is 5.82 Å². The summed E-state index contributed by atoms with van der Waals surface area (Å²) in [5.41, 5.74) is 0.931. The molecule has 1 aliphatic rings. The number of carbonyl (C=O) groups excluding carboxylic acids is 1. The Balaban J connectivity index is 1.66. The molecule has 2 aromatic rings. The highest BCUT2D eigenvalue weighted by Crippen LogP contribution is 2.17. The van der Waals surface area contributed by atoms with Crippen molar-refractivity contribution in [1.29, 1.82) is 0 Å². The molecule has 2 aromatic heterocycles. The predicted molar refractivity (Wildman–Crippen MR) is 87.8 cm³/mol. The summed E-state index contributed by atoms with van der Waals surface area (Å²) in [4.78, 5) is 25.2. The molecule has 0 unspecified atom stereocenters. The molecule has 1 N–H and O–H groups in total. The summed E-state index contributed by atoms with van der Waals surface area (Å²) in [5, 5.41) is 3.22. The van der Waals surface area contributed by atoms with Crippen LogP contribution < -0.4 is 10.2 Å². The van der Waals surface area contributed by atoms with Crippen LogP contribution in [0.4, 0.5) is 11.8 Å². The maximum Gasteiger partial charge on any atom is 0.289 e. The second kappa shape index (κ2) is 6.68. The Labute approximate surface area is 135 Å². The third-order valence-electron chi connectivity index (χ3n) is 3.78. The lowest BCUT2D eigenvalue weighted by molar-refractivity contribution is 0.0714. The van der Waals surface area contributed by atoms with Crippen molar-refractivity contribution in [2.45, 2.75) is 13.8 Å². The number of anilines is 2. The van der Waals surface area contributed by atoms with Gasteiger partial charge in [0.2, 0.25) is 5.95 Å². The standard InChI is InChI=1S/C16H21N5O2/c1-3-17-14-11-12(2)18-16(19-14)21-8-6-20(7-9-21)15(22)13-5-4-10-23-13/h4-5,10-11H,3,6-9H2,1-2H3,(H,17,18,19). The van der Waals surface area contributed by atoms with Gasteiger partial charge in [0.15, 0.2) is 5.76 Å². The van der Waals surface area contributed by atoms with E-state index in [2.05, 4.69) is 20.2 Å². The maximum atomic E-state index is 12.3. The lowest BCUT2D eigenvalue weighted by atomic mass is 10.3. The first-order chi connectivity index (χ1) is 11.2. The molecule has 1 fully saturated rings. The number of hydrogen-bond donors (Lipinski definition) is 1. The van der Waals surface area contributed by atoms with Gasteiger partial charge in [-0.05, 0) is 26.0 Å². The minimum absolute atomic E-state index is 0.0619. The van der Waals surface area contributed by atoms with Gasteiger partial charge in [0.05, 0.1) is 6.26 Å². The smallest absolute Gasteiger partial charge is 0.289 e. The first-order valence-electron chi connectivity index (χ1n) is 7.84. The molecule has 0 aliphatic carbocycles. The molecule has 0 saturated carbocycles. The lowest BCUT2D eigenvalue weighted by Gasteiger charge is -2.34. The fourth-order valence-corrected chi connectivity index (χ4v) is 2.63. The second-order valence-corrected chi connectivity index (χ2v) is 5.48. The molecule has 0 bridgehead atoms. The molecular formula is C16H21N5O2. The summed E-state index contributed by atoms with van der Waals surface area (Å²) in [6, 6.07) is 5.36. The average Bonchev–Trinajstić information content (AvgIpc) is 3.08. The van der Waals surface area contributed by atoms with Crippen molar-refractivity contribution >= 4 is 17.7 Å². The molecule has 0 spiro atoms. The predicted octanol–water partition coefficient (Wildman–Crippen LogP) is 1.77. The number of furan rings is 1. The zero-order chi connectivity index (χ0) is 16.2. The van der Waals surface area contributed by atoms with Crippen molar-refractivity contribution in [2.24, 2.45) is 0 Å². The molecular weight excluding hydrogens is 294 g/mol. The summed E-state index contributed by atoms with van der Waals surface area (Å²) in [6.45, 7) is 7.50. The lowest BCUT2D eigenvalue weighted by Crippen LogP contribution is -2.49. The summed E-state index contributed by atoms with van der Waals surface area (Å²) < 4.78 is 5.18. The highest BCUT2D eigenvalue weighted by atomic mass is 16.3. The van der Waals surface area contributed by atoms with Gasteiger partial charge in [-0.15, -0.1) is 0 Å². The molecule has 0 atom stereocenters. The fraction of sp³-hybridized carbons (Fsp3) is 0.438. The van der Waals surface area contributed by atoms with E-state index >= 15 is 0 Å². The molecule has 1 saturated heterocycles. The van der Waals surface area contributed by atoms with Gasteiger partial charge in [0, 0.05) is 44.5 Å². The van der Waals surface area contributed by atoms with Gasteiger partial charge in [0.25, 0.3) is 5.91 Å². The largest absolute Gasteiger partial charge is 0.459 e. The van der Waals surface area contributed by atoms with Gasteiger partial charge in [-0.1, -0.05) is 0 Å². The number of carbonyl (C=O) groups is 1. The quantitative estimate of drug-likeness (QED) is 0.927. The first kappa shape index (κ1) is 15.3. The highest BCUT2D eigenvalue weighted by molar-refractivity contribution is 5.91. The molecule has 1 aliphatic heterocycles. The van der Waals surface area contributed by atoms with Crippen molar-refractivity contribution in [2.75, 3.05) is 42.9 Å². The van der Waals surface area contributed by atoms with E-state index in [1.807, 2.05) is 19.9 Å². The van der Waals surface area contributed by atoms with Crippen LogP contribution in [0.2, 0.25) is 0 Å². The first-order valence-corrected chi connectivity index (χ1v) is 7.84. The van der Waals surface area contributed by atoms with Crippen LogP contribution in [-0.4, -0.2) is 53.5 Å². The number of aryl methyl sites for hydroxylation is 1. The van der Waals surface area contributed by atoms with Crippen LogP contribution in [0, 0.1) is 6.92 Å². The van der Waals surface area contributed by atoms with Crippen LogP contribution >= 0.6 is 0 Å². The van der Waals surface area contributed by atoms with E-state index in [0.717, 1.165) is 18.1 Å². The van der Waals surface area contributed by atoms with Crippen molar-refractivity contribution < 1.29 is 9.21 Å². The van der Waals surface area contributed by atoms with E-state index in [0.29, 0.717) is 37.9 Å². The third-order valence-corrected chi connectivity index (χ3v) is 3.78. The summed E-state index contributed by atoms with van der Waals surface area (Å²) in [6.07, 6.45) is 1.52. The fourth-order valence-electron chi connectivity index (χ4n) is 2.63. The Morgan fingerprint density at radius 3 is 2.74 bits per heavy atom. The minimum atomic E-state index is -0.0619. The Bertz CT molecular complexity index is 663. The van der Waals surface area contributed by atoms with Crippen LogP contribution in [0.5, 0.6) is 0 Å². The van der Waals surface area contributed by atoms with Crippen LogP contribution in [0.1, 0.15) is 23.2 Å². The van der Waals surface area contributed by atoms with Gasteiger partial charge in [-0.2, -0.15) is 4.98 Å². The number of nitrogens with zero attached hydrogens (tertiary/aromatic N) is 4. The Kier molecular flexibility index (Phi) is 4.45.